The Bertz CT molecular complexity index is 1520. The average Bonchev–Trinajstić information content (AvgIpc) is 3.32. The van der Waals surface area contributed by atoms with Gasteiger partial charge in [0.15, 0.2) is 0 Å². The van der Waals surface area contributed by atoms with Crippen molar-refractivity contribution in [3.05, 3.63) is 70.3 Å². The number of ether oxygens (including phenoxy) is 1. The molecule has 1 saturated heterocycles. The molecule has 2 aromatic carbocycles. The van der Waals surface area contributed by atoms with Gasteiger partial charge in [0.05, 0.1) is 12.3 Å². The number of nitrogens with one attached hydrogen (secondary N) is 1. The van der Waals surface area contributed by atoms with Gasteiger partial charge in [-0.25, -0.2) is 4.21 Å². The van der Waals surface area contributed by atoms with Crippen LogP contribution < -0.4 is 14.4 Å². The number of carbonyl (C=O) groups excluding carboxylic acids is 1. The van der Waals surface area contributed by atoms with E-state index in [1.54, 1.807) is 0 Å². The lowest BCUT2D eigenvalue weighted by Gasteiger charge is -2.47. The van der Waals surface area contributed by atoms with E-state index in [9.17, 15) is 9.00 Å². The minimum absolute atomic E-state index is 0.156. The normalized spacial score (nSPS) is 25.8. The van der Waals surface area contributed by atoms with Crippen LogP contribution in [-0.4, -0.2) is 71.8 Å². The summed E-state index contributed by atoms with van der Waals surface area (Å²) in [6.45, 7) is 14.2. The fourth-order valence-corrected chi connectivity index (χ4v) is 9.91. The van der Waals surface area contributed by atoms with Gasteiger partial charge >= 0.3 is 0 Å². The van der Waals surface area contributed by atoms with Crippen molar-refractivity contribution < 1.29 is 18.8 Å². The Morgan fingerprint density at radius 3 is 2.54 bits per heavy atom. The van der Waals surface area contributed by atoms with E-state index >= 15 is 0 Å². The van der Waals surface area contributed by atoms with Crippen molar-refractivity contribution in [1.82, 2.24) is 9.62 Å². The minimum Gasteiger partial charge on any atom is -0.491 e. The van der Waals surface area contributed by atoms with Crippen molar-refractivity contribution in [3.63, 3.8) is 0 Å². The number of nitrogens with zero attached hydrogens (tertiary/aromatic N) is 2. The van der Waals surface area contributed by atoms with Gasteiger partial charge in [0, 0.05) is 55.0 Å². The predicted molar refractivity (Wildman–Crippen MR) is 217 cm³/mol. The predicted octanol–water partition coefficient (Wildman–Crippen LogP) is 8.81. The van der Waals surface area contributed by atoms with Gasteiger partial charge in [-0.05, 0) is 130 Å². The van der Waals surface area contributed by atoms with Crippen LogP contribution in [0.4, 0.5) is 5.69 Å². The maximum absolute atomic E-state index is 13.3. The Balaban J connectivity index is 0.00000257. The third-order valence-corrected chi connectivity index (χ3v) is 13.6. The molecule has 7 nitrogen and oxygen atoms in total. The fourth-order valence-electron chi connectivity index (χ4n) is 9.18. The van der Waals surface area contributed by atoms with Gasteiger partial charge in [0.25, 0.3) is 5.91 Å². The highest BCUT2D eigenvalue weighted by atomic mass is 35.5. The molecule has 0 bridgehead atoms. The van der Waals surface area contributed by atoms with Gasteiger partial charge < -0.3 is 19.6 Å². The number of amides is 1. The summed E-state index contributed by atoms with van der Waals surface area (Å²) in [7, 11) is -0.440. The van der Waals surface area contributed by atoms with E-state index in [-0.39, 0.29) is 17.1 Å². The molecular formula is C43H64ClN3O4S. The van der Waals surface area contributed by atoms with E-state index < -0.39 is 11.0 Å². The number of aryl methyl sites for hydroxylation is 1. The topological polar surface area (TPSA) is 82.1 Å². The molecule has 2 saturated carbocycles. The van der Waals surface area contributed by atoms with Gasteiger partial charge in [0.1, 0.15) is 16.7 Å². The Morgan fingerprint density at radius 1 is 1.04 bits per heavy atom. The smallest absolute Gasteiger partial charge is 0.263 e. The molecule has 2 heterocycles. The number of aliphatic hydroxyl groups excluding tert-OH is 1. The lowest BCUT2D eigenvalue weighted by atomic mass is 9.66. The van der Waals surface area contributed by atoms with Gasteiger partial charge in [0.2, 0.25) is 0 Å². The first kappa shape index (κ1) is 40.8. The van der Waals surface area contributed by atoms with Crippen molar-refractivity contribution in [2.75, 3.05) is 51.3 Å². The van der Waals surface area contributed by atoms with E-state index in [1.165, 1.54) is 75.7 Å². The molecule has 52 heavy (non-hydrogen) atoms. The Labute approximate surface area is 321 Å². The van der Waals surface area contributed by atoms with Gasteiger partial charge in [-0.1, -0.05) is 69.4 Å². The van der Waals surface area contributed by atoms with Gasteiger partial charge in [-0.15, -0.1) is 0 Å². The maximum atomic E-state index is 13.3. The number of carbonyl (C=O) groups is 1. The molecule has 2 aromatic rings. The third-order valence-electron chi connectivity index (χ3n) is 12.1. The second-order valence-electron chi connectivity index (χ2n) is 15.8. The quantitative estimate of drug-likeness (QED) is 0.199. The van der Waals surface area contributed by atoms with E-state index in [0.29, 0.717) is 29.9 Å². The standard InChI is InChI=1S/C42H60ClN3O3S.CH4O/c1-5-7-11-34(25-45-21-20-30-12-8-9-13-33(30)24-45)39-17-14-35(39)26-46-27-36(38-18-16-37(43)22-31(38)10-6-2)28-49-41-19-15-32(23-40(41)46)42(47)44-50(48)29(3)4;1-2/h7,11,15-16,18-19,22-23,29-30,33-36,39H,5-6,8-10,12-14,17,20-21,24-28H2,1-4H3,(H,44,47);2H,1H3/b11-7+;. The van der Waals surface area contributed by atoms with Crippen molar-refractivity contribution in [1.29, 1.82) is 0 Å². The van der Waals surface area contributed by atoms with Crippen LogP contribution >= 0.6 is 11.6 Å². The molecule has 4 aliphatic rings. The highest BCUT2D eigenvalue weighted by molar-refractivity contribution is 7.84. The molecule has 6 rings (SSSR count). The lowest BCUT2D eigenvalue weighted by Crippen LogP contribution is -2.48. The van der Waals surface area contributed by atoms with Crippen molar-refractivity contribution in [2.45, 2.75) is 103 Å². The number of halogens is 1. The molecule has 288 valence electrons. The Kier molecular flexibility index (Phi) is 15.5. The molecule has 7 unspecified atom stereocenters. The summed E-state index contributed by atoms with van der Waals surface area (Å²) in [5, 5.41) is 7.62. The zero-order valence-electron chi connectivity index (χ0n) is 32.3. The first-order valence-corrected chi connectivity index (χ1v) is 21.7. The first-order chi connectivity index (χ1) is 25.2. The van der Waals surface area contributed by atoms with Crippen LogP contribution in [0.1, 0.15) is 113 Å². The summed E-state index contributed by atoms with van der Waals surface area (Å²) in [5.41, 5.74) is 4.08. The third kappa shape index (κ3) is 10.2. The number of piperidine rings is 1. The van der Waals surface area contributed by atoms with Crippen LogP contribution in [0.25, 0.3) is 0 Å². The number of aliphatic hydroxyl groups is 1. The SMILES string of the molecule is CC/C=C/C(CN1CCC2CCCCC2C1)C1CCC1CN1CC(c2ccc(Cl)cc2CCC)COc2ccc(C(=O)NS(=O)C(C)C)cc21.CO. The zero-order chi connectivity index (χ0) is 37.2. The van der Waals surface area contributed by atoms with Crippen molar-refractivity contribution >= 4 is 34.2 Å². The molecule has 7 atom stereocenters. The average molecular weight is 755 g/mol. The second-order valence-corrected chi connectivity index (χ2v) is 18.0. The number of hydrogen-bond donors (Lipinski definition) is 2. The summed E-state index contributed by atoms with van der Waals surface area (Å²) in [6.07, 6.45) is 17.6. The molecule has 2 N–H and O–H groups in total. The monoisotopic (exact) mass is 753 g/mol. The van der Waals surface area contributed by atoms with E-state index in [2.05, 4.69) is 52.7 Å². The molecule has 1 amide bonds. The molecule has 2 aliphatic carbocycles. The summed E-state index contributed by atoms with van der Waals surface area (Å²) in [4.78, 5) is 18.6. The van der Waals surface area contributed by atoms with Crippen molar-refractivity contribution in [3.8, 4) is 5.75 Å². The highest BCUT2D eigenvalue weighted by Crippen LogP contribution is 2.45. The molecular weight excluding hydrogens is 690 g/mol. The van der Waals surface area contributed by atoms with Crippen LogP contribution in [0, 0.1) is 29.6 Å². The molecule has 0 spiro atoms. The minimum atomic E-state index is -1.44. The van der Waals surface area contributed by atoms with Crippen molar-refractivity contribution in [2.24, 2.45) is 29.6 Å². The van der Waals surface area contributed by atoms with E-state index in [4.69, 9.17) is 21.4 Å². The molecule has 9 heteroatoms. The van der Waals surface area contributed by atoms with E-state index in [1.807, 2.05) is 38.1 Å². The number of benzene rings is 2. The van der Waals surface area contributed by atoms with Crippen LogP contribution in [0.2, 0.25) is 5.02 Å². The number of allylic oxidation sites excluding steroid dienone is 1. The molecule has 0 aromatic heterocycles. The van der Waals surface area contributed by atoms with E-state index in [0.717, 1.165) is 67.8 Å². The fraction of sp³-hybridized carbons (Fsp3) is 0.651. The molecule has 0 radical (unpaired) electrons. The summed E-state index contributed by atoms with van der Waals surface area (Å²) in [5.74, 6) is 4.28. The van der Waals surface area contributed by atoms with Crippen LogP contribution in [0.5, 0.6) is 5.75 Å². The number of likely N-dealkylation sites (tertiary alicyclic amines) is 1. The summed E-state index contributed by atoms with van der Waals surface area (Å²) < 4.78 is 21.8. The highest BCUT2D eigenvalue weighted by Gasteiger charge is 2.40. The lowest BCUT2D eigenvalue weighted by molar-refractivity contribution is 0.0508. The largest absolute Gasteiger partial charge is 0.491 e. The van der Waals surface area contributed by atoms with Gasteiger partial charge in [-0.3, -0.25) is 9.52 Å². The van der Waals surface area contributed by atoms with Crippen LogP contribution in [0.3, 0.4) is 0 Å². The zero-order valence-corrected chi connectivity index (χ0v) is 33.9. The molecule has 3 fully saturated rings. The summed E-state index contributed by atoms with van der Waals surface area (Å²) >= 11 is 6.50. The number of fused-ring (bicyclic) bond motifs is 2. The van der Waals surface area contributed by atoms with Crippen LogP contribution in [-0.2, 0) is 17.4 Å². The molecule has 2 aliphatic heterocycles. The number of hydrogen-bond acceptors (Lipinski definition) is 6. The second kappa shape index (κ2) is 19.8. The Hall–Kier alpha value is -2.39. The maximum Gasteiger partial charge on any atom is 0.263 e. The number of rotatable bonds is 13. The summed E-state index contributed by atoms with van der Waals surface area (Å²) in [6, 6.07) is 12.1. The number of anilines is 1. The van der Waals surface area contributed by atoms with Gasteiger partial charge in [-0.2, -0.15) is 0 Å². The first-order valence-electron chi connectivity index (χ1n) is 20.1. The van der Waals surface area contributed by atoms with Crippen LogP contribution in [0.15, 0.2) is 48.6 Å². The Morgan fingerprint density at radius 2 is 1.83 bits per heavy atom.